The molecule has 19 heavy (non-hydrogen) atoms. The molecule has 0 aromatic carbocycles. The van der Waals surface area contributed by atoms with Crippen LogP contribution in [0.3, 0.4) is 0 Å². The van der Waals surface area contributed by atoms with Gasteiger partial charge in [0.15, 0.2) is 0 Å². The Bertz CT molecular complexity index is 251. The highest BCUT2D eigenvalue weighted by Gasteiger charge is 2.05. The third-order valence-corrected chi connectivity index (χ3v) is 3.44. The number of carbonyl (C=O) groups is 2. The predicted octanol–water partition coefficient (Wildman–Crippen LogP) is 4.08. The zero-order valence-corrected chi connectivity index (χ0v) is 12.1. The molecule has 0 aromatic rings. The Morgan fingerprint density at radius 2 is 1.21 bits per heavy atom. The first-order valence-corrected chi connectivity index (χ1v) is 7.46. The van der Waals surface area contributed by atoms with Crippen molar-refractivity contribution < 1.29 is 19.8 Å². The predicted molar refractivity (Wildman–Crippen MR) is 75.2 cm³/mol. The summed E-state index contributed by atoms with van der Waals surface area (Å²) in [6.07, 6.45) is 10.2. The van der Waals surface area contributed by atoms with Crippen molar-refractivity contribution >= 4 is 11.9 Å². The second-order valence-corrected chi connectivity index (χ2v) is 5.44. The zero-order chi connectivity index (χ0) is 14.5. The fourth-order valence-corrected chi connectivity index (χ4v) is 2.17. The normalized spacial score (nSPS) is 12.3. The molecule has 0 aliphatic carbocycles. The lowest BCUT2D eigenvalue weighted by atomic mass is 9.97. The van der Waals surface area contributed by atoms with Crippen molar-refractivity contribution in [2.24, 2.45) is 5.92 Å². The molecule has 0 aliphatic rings. The molecular weight excluding hydrogens is 244 g/mol. The lowest BCUT2D eigenvalue weighted by Gasteiger charge is -2.09. The van der Waals surface area contributed by atoms with E-state index >= 15 is 0 Å². The average molecular weight is 272 g/mol. The van der Waals surface area contributed by atoms with Crippen LogP contribution in [0.2, 0.25) is 0 Å². The Morgan fingerprint density at radius 3 is 1.74 bits per heavy atom. The van der Waals surface area contributed by atoms with Gasteiger partial charge in [-0.3, -0.25) is 9.59 Å². The summed E-state index contributed by atoms with van der Waals surface area (Å²) >= 11 is 0. The van der Waals surface area contributed by atoms with Crippen molar-refractivity contribution in [2.75, 3.05) is 0 Å². The van der Waals surface area contributed by atoms with E-state index in [-0.39, 0.29) is 6.42 Å². The lowest BCUT2D eigenvalue weighted by Crippen LogP contribution is -2.01. The molecule has 4 nitrogen and oxygen atoms in total. The van der Waals surface area contributed by atoms with Crippen LogP contribution in [0.4, 0.5) is 0 Å². The van der Waals surface area contributed by atoms with Crippen molar-refractivity contribution in [3.63, 3.8) is 0 Å². The third kappa shape index (κ3) is 14.9. The number of carboxylic acid groups (broad SMARTS) is 2. The SMILES string of the molecule is CC(CCCCCCCCCC(=O)O)CCC(=O)O. The first-order valence-electron chi connectivity index (χ1n) is 7.46. The first kappa shape index (κ1) is 17.9. The smallest absolute Gasteiger partial charge is 0.303 e. The van der Waals surface area contributed by atoms with E-state index in [4.69, 9.17) is 10.2 Å². The zero-order valence-electron chi connectivity index (χ0n) is 12.1. The van der Waals surface area contributed by atoms with E-state index in [9.17, 15) is 9.59 Å². The van der Waals surface area contributed by atoms with Gasteiger partial charge in [-0.15, -0.1) is 0 Å². The minimum absolute atomic E-state index is 0.282. The second-order valence-electron chi connectivity index (χ2n) is 5.44. The van der Waals surface area contributed by atoms with Crippen molar-refractivity contribution in [1.82, 2.24) is 0 Å². The quantitative estimate of drug-likeness (QED) is 0.495. The van der Waals surface area contributed by atoms with Crippen LogP contribution in [0.5, 0.6) is 0 Å². The van der Waals surface area contributed by atoms with Crippen molar-refractivity contribution in [1.29, 1.82) is 0 Å². The van der Waals surface area contributed by atoms with Gasteiger partial charge in [-0.1, -0.05) is 51.9 Å². The molecule has 0 aliphatic heterocycles. The van der Waals surface area contributed by atoms with Gasteiger partial charge < -0.3 is 10.2 Å². The highest BCUT2D eigenvalue weighted by molar-refractivity contribution is 5.66. The summed E-state index contributed by atoms with van der Waals surface area (Å²) in [5.74, 6) is -0.893. The molecule has 0 spiro atoms. The average Bonchev–Trinajstić information content (AvgIpc) is 2.34. The maximum Gasteiger partial charge on any atom is 0.303 e. The Morgan fingerprint density at radius 1 is 0.737 bits per heavy atom. The monoisotopic (exact) mass is 272 g/mol. The van der Waals surface area contributed by atoms with E-state index in [1.165, 1.54) is 25.7 Å². The van der Waals surface area contributed by atoms with Crippen LogP contribution in [0.25, 0.3) is 0 Å². The van der Waals surface area contributed by atoms with Gasteiger partial charge in [0.2, 0.25) is 0 Å². The molecule has 1 atom stereocenters. The number of carboxylic acids is 2. The van der Waals surface area contributed by atoms with Gasteiger partial charge in [0.1, 0.15) is 0 Å². The molecule has 0 bridgehead atoms. The largest absolute Gasteiger partial charge is 0.481 e. The molecule has 1 unspecified atom stereocenters. The number of aliphatic carboxylic acids is 2. The highest BCUT2D eigenvalue weighted by Crippen LogP contribution is 2.16. The molecule has 0 saturated carbocycles. The summed E-state index contributed by atoms with van der Waals surface area (Å²) in [4.78, 5) is 20.7. The van der Waals surface area contributed by atoms with E-state index in [0.29, 0.717) is 12.3 Å². The Kier molecular flexibility index (Phi) is 11.3. The van der Waals surface area contributed by atoms with E-state index in [2.05, 4.69) is 6.92 Å². The van der Waals surface area contributed by atoms with Crippen LogP contribution < -0.4 is 0 Å². The number of hydrogen-bond donors (Lipinski definition) is 2. The summed E-state index contributed by atoms with van der Waals surface area (Å²) in [5, 5.41) is 17.1. The van der Waals surface area contributed by atoms with Crippen LogP contribution in [0.1, 0.15) is 77.6 Å². The maximum atomic E-state index is 10.4. The summed E-state index contributed by atoms with van der Waals surface area (Å²) < 4.78 is 0. The van der Waals surface area contributed by atoms with E-state index in [0.717, 1.165) is 32.1 Å². The third-order valence-electron chi connectivity index (χ3n) is 3.44. The number of hydrogen-bond acceptors (Lipinski definition) is 2. The molecule has 0 saturated heterocycles. The molecule has 4 heteroatoms. The molecule has 0 fully saturated rings. The van der Waals surface area contributed by atoms with Crippen LogP contribution in [0, 0.1) is 5.92 Å². The molecule has 112 valence electrons. The Balaban J connectivity index is 3.17. The number of rotatable bonds is 13. The standard InChI is InChI=1S/C15H28O4/c1-13(11-12-15(18)19)9-7-5-3-2-4-6-8-10-14(16)17/h13H,2-12H2,1H3,(H,16,17)(H,18,19). The second kappa shape index (κ2) is 12.0. The van der Waals surface area contributed by atoms with Crippen molar-refractivity contribution in [2.45, 2.75) is 77.6 Å². The molecule has 0 heterocycles. The minimum Gasteiger partial charge on any atom is -0.481 e. The summed E-state index contributed by atoms with van der Waals surface area (Å²) in [7, 11) is 0. The minimum atomic E-state index is -0.701. The van der Waals surface area contributed by atoms with Crippen molar-refractivity contribution in [3.8, 4) is 0 Å². The van der Waals surface area contributed by atoms with Crippen LogP contribution in [-0.4, -0.2) is 22.2 Å². The van der Waals surface area contributed by atoms with Gasteiger partial charge in [-0.25, -0.2) is 0 Å². The summed E-state index contributed by atoms with van der Waals surface area (Å²) in [6.45, 7) is 2.12. The topological polar surface area (TPSA) is 74.6 Å². The molecule has 0 aromatic heterocycles. The fraction of sp³-hybridized carbons (Fsp3) is 0.867. The van der Waals surface area contributed by atoms with Crippen LogP contribution in [0.15, 0.2) is 0 Å². The Hall–Kier alpha value is -1.06. The van der Waals surface area contributed by atoms with E-state index in [1.54, 1.807) is 0 Å². The van der Waals surface area contributed by atoms with Gasteiger partial charge in [-0.05, 0) is 18.8 Å². The van der Waals surface area contributed by atoms with E-state index < -0.39 is 11.9 Å². The van der Waals surface area contributed by atoms with Gasteiger partial charge in [0.25, 0.3) is 0 Å². The highest BCUT2D eigenvalue weighted by atomic mass is 16.4. The molecule has 0 amide bonds. The maximum absolute atomic E-state index is 10.4. The van der Waals surface area contributed by atoms with Crippen molar-refractivity contribution in [3.05, 3.63) is 0 Å². The fourth-order valence-electron chi connectivity index (χ4n) is 2.17. The molecule has 0 radical (unpaired) electrons. The Labute approximate surface area is 116 Å². The molecule has 0 rings (SSSR count). The first-order chi connectivity index (χ1) is 9.02. The van der Waals surface area contributed by atoms with E-state index in [1.807, 2.05) is 0 Å². The lowest BCUT2D eigenvalue weighted by molar-refractivity contribution is -0.138. The van der Waals surface area contributed by atoms with Gasteiger partial charge in [-0.2, -0.15) is 0 Å². The van der Waals surface area contributed by atoms with Gasteiger partial charge >= 0.3 is 11.9 Å². The van der Waals surface area contributed by atoms with Gasteiger partial charge in [0.05, 0.1) is 0 Å². The van der Waals surface area contributed by atoms with Crippen LogP contribution >= 0.6 is 0 Å². The molecule has 2 N–H and O–H groups in total. The number of unbranched alkanes of at least 4 members (excludes halogenated alkanes) is 6. The molecular formula is C15H28O4. The summed E-state index contributed by atoms with van der Waals surface area (Å²) in [6, 6.07) is 0. The van der Waals surface area contributed by atoms with Gasteiger partial charge in [0, 0.05) is 12.8 Å². The summed E-state index contributed by atoms with van der Waals surface area (Å²) in [5.41, 5.74) is 0. The van der Waals surface area contributed by atoms with Crippen LogP contribution in [-0.2, 0) is 9.59 Å².